The molecular formula is C33H39BrN2S2. The van der Waals surface area contributed by atoms with E-state index in [4.69, 9.17) is 4.98 Å². The Kier molecular flexibility index (Phi) is 12.4. The first kappa shape index (κ1) is 29.0. The van der Waals surface area contributed by atoms with Crippen molar-refractivity contribution in [3.8, 4) is 0 Å². The van der Waals surface area contributed by atoms with Crippen LogP contribution in [0.5, 0.6) is 0 Å². The molecule has 0 aliphatic carbocycles. The van der Waals surface area contributed by atoms with Crippen LogP contribution < -0.4 is 0 Å². The Morgan fingerprint density at radius 2 is 1.45 bits per heavy atom. The van der Waals surface area contributed by atoms with Crippen LogP contribution in [0.1, 0.15) is 87.8 Å². The molecule has 2 nitrogen and oxygen atoms in total. The second-order valence-corrected chi connectivity index (χ2v) is 13.1. The van der Waals surface area contributed by atoms with Crippen molar-refractivity contribution >= 4 is 61.1 Å². The number of aryl methyl sites for hydroxylation is 1. The maximum absolute atomic E-state index is 4.83. The highest BCUT2D eigenvalue weighted by atomic mass is 79.9. The number of thioether (sulfide) groups is 1. The van der Waals surface area contributed by atoms with E-state index in [1.807, 2.05) is 36.2 Å². The van der Waals surface area contributed by atoms with E-state index in [1.54, 1.807) is 11.3 Å². The lowest BCUT2D eigenvalue weighted by Crippen LogP contribution is -1.88. The summed E-state index contributed by atoms with van der Waals surface area (Å²) >= 11 is 7.05. The van der Waals surface area contributed by atoms with Gasteiger partial charge in [0.05, 0.1) is 15.9 Å². The Bertz CT molecular complexity index is 1260. The number of benzene rings is 3. The normalized spacial score (nSPS) is 11.6. The molecule has 5 heteroatoms. The molecule has 200 valence electrons. The molecule has 0 fully saturated rings. The van der Waals surface area contributed by atoms with Crippen LogP contribution in [0, 0.1) is 0 Å². The fraction of sp³-hybridized carbons (Fsp3) is 0.394. The van der Waals surface area contributed by atoms with Crippen molar-refractivity contribution in [3.05, 3.63) is 87.9 Å². The quantitative estimate of drug-likeness (QED) is 0.0719. The number of aromatic nitrogens is 1. The SMILES string of the molecule is CCCCCCCCCCCCc1ccc(CSc2nc3ccc(N=Cc4ccc(Br)cc4)cc3s2)cc1. The molecule has 1 aromatic heterocycles. The largest absolute Gasteiger partial charge is 0.256 e. The van der Waals surface area contributed by atoms with Crippen LogP contribution in [0.25, 0.3) is 10.2 Å². The van der Waals surface area contributed by atoms with Gasteiger partial charge in [0, 0.05) is 16.4 Å². The van der Waals surface area contributed by atoms with Crippen molar-refractivity contribution in [1.82, 2.24) is 4.98 Å². The van der Waals surface area contributed by atoms with Crippen LogP contribution >= 0.6 is 39.0 Å². The van der Waals surface area contributed by atoms with Crippen molar-refractivity contribution in [3.63, 3.8) is 0 Å². The highest BCUT2D eigenvalue weighted by Crippen LogP contribution is 2.33. The predicted molar refractivity (Wildman–Crippen MR) is 173 cm³/mol. The standard InChI is InChI=1S/C33H39BrN2S2/c1-2-3-4-5-6-7-8-9-10-11-12-26-13-15-28(16-14-26)25-37-33-36-31-22-21-30(23-32(31)38-33)35-24-27-17-19-29(34)20-18-27/h13-24H,2-12,25H2,1H3. The van der Waals surface area contributed by atoms with E-state index in [9.17, 15) is 0 Å². The zero-order valence-corrected chi connectivity index (χ0v) is 25.7. The second kappa shape index (κ2) is 16.2. The summed E-state index contributed by atoms with van der Waals surface area (Å²) in [6.45, 7) is 2.29. The van der Waals surface area contributed by atoms with Crippen molar-refractivity contribution in [2.24, 2.45) is 4.99 Å². The second-order valence-electron chi connectivity index (χ2n) is 9.98. The van der Waals surface area contributed by atoms with E-state index in [0.717, 1.165) is 31.3 Å². The van der Waals surface area contributed by atoms with Crippen LogP contribution in [-0.4, -0.2) is 11.2 Å². The summed E-state index contributed by atoms with van der Waals surface area (Å²) in [4.78, 5) is 9.48. The summed E-state index contributed by atoms with van der Waals surface area (Å²) in [7, 11) is 0. The Labute approximate surface area is 245 Å². The number of fused-ring (bicyclic) bond motifs is 1. The van der Waals surface area contributed by atoms with Gasteiger partial charge in [-0.25, -0.2) is 4.98 Å². The number of aliphatic imine (C=N–C) groups is 1. The maximum Gasteiger partial charge on any atom is 0.151 e. The summed E-state index contributed by atoms with van der Waals surface area (Å²) in [5.41, 5.74) is 5.92. The van der Waals surface area contributed by atoms with Crippen molar-refractivity contribution < 1.29 is 0 Å². The van der Waals surface area contributed by atoms with Crippen LogP contribution in [0.2, 0.25) is 0 Å². The molecule has 0 aliphatic heterocycles. The van der Waals surface area contributed by atoms with Gasteiger partial charge in [0.1, 0.15) is 0 Å². The maximum atomic E-state index is 4.83. The molecular weight excluding hydrogens is 568 g/mol. The monoisotopic (exact) mass is 606 g/mol. The topological polar surface area (TPSA) is 25.2 Å². The molecule has 0 radical (unpaired) electrons. The fourth-order valence-corrected chi connectivity index (χ4v) is 6.82. The number of halogens is 1. The minimum atomic E-state index is 0.951. The molecule has 0 N–H and O–H groups in total. The summed E-state index contributed by atoms with van der Waals surface area (Å²) < 4.78 is 3.37. The molecule has 0 aliphatic rings. The van der Waals surface area contributed by atoms with Crippen LogP contribution in [0.15, 0.2) is 80.5 Å². The van der Waals surface area contributed by atoms with E-state index in [2.05, 4.69) is 76.4 Å². The number of hydrogen-bond donors (Lipinski definition) is 0. The average Bonchev–Trinajstić information content (AvgIpc) is 3.35. The number of hydrogen-bond acceptors (Lipinski definition) is 4. The molecule has 38 heavy (non-hydrogen) atoms. The molecule has 3 aromatic carbocycles. The van der Waals surface area contributed by atoms with E-state index < -0.39 is 0 Å². The van der Waals surface area contributed by atoms with Gasteiger partial charge in [-0.2, -0.15) is 0 Å². The predicted octanol–water partition coefficient (Wildman–Crippen LogP) is 11.6. The number of rotatable bonds is 16. The van der Waals surface area contributed by atoms with Gasteiger partial charge < -0.3 is 0 Å². The highest BCUT2D eigenvalue weighted by Gasteiger charge is 2.06. The van der Waals surface area contributed by atoms with Gasteiger partial charge in [-0.3, -0.25) is 4.99 Å². The molecule has 4 aromatic rings. The van der Waals surface area contributed by atoms with Gasteiger partial charge >= 0.3 is 0 Å². The molecule has 4 rings (SSSR count). The lowest BCUT2D eigenvalue weighted by atomic mass is 10.0. The molecule has 0 saturated carbocycles. The molecule has 1 heterocycles. The lowest BCUT2D eigenvalue weighted by Gasteiger charge is -2.05. The zero-order chi connectivity index (χ0) is 26.4. The molecule has 0 bridgehead atoms. The van der Waals surface area contributed by atoms with Gasteiger partial charge in [0.15, 0.2) is 4.34 Å². The average molecular weight is 608 g/mol. The Balaban J connectivity index is 1.17. The minimum Gasteiger partial charge on any atom is -0.256 e. The Morgan fingerprint density at radius 1 is 0.789 bits per heavy atom. The number of nitrogens with zero attached hydrogens (tertiary/aromatic N) is 2. The number of unbranched alkanes of at least 4 members (excludes halogenated alkanes) is 9. The molecule has 0 atom stereocenters. The van der Waals surface area contributed by atoms with E-state index in [0.29, 0.717) is 0 Å². The third-order valence-corrected chi connectivity index (χ3v) is 9.55. The first-order valence-corrected chi connectivity index (χ1v) is 16.7. The number of thiazole rings is 1. The summed E-state index contributed by atoms with van der Waals surface area (Å²) in [5.74, 6) is 0.951. The highest BCUT2D eigenvalue weighted by molar-refractivity contribution is 9.10. The zero-order valence-electron chi connectivity index (χ0n) is 22.5. The van der Waals surface area contributed by atoms with E-state index >= 15 is 0 Å². The van der Waals surface area contributed by atoms with Crippen molar-refractivity contribution in [1.29, 1.82) is 0 Å². The first-order chi connectivity index (χ1) is 18.7. The fourth-order valence-electron chi connectivity index (χ4n) is 4.50. The van der Waals surface area contributed by atoms with Gasteiger partial charge in [0.25, 0.3) is 0 Å². The van der Waals surface area contributed by atoms with E-state index in [-0.39, 0.29) is 0 Å². The van der Waals surface area contributed by atoms with E-state index in [1.165, 1.54) is 86.5 Å². The molecule has 0 saturated heterocycles. The first-order valence-electron chi connectivity index (χ1n) is 14.1. The Hall–Kier alpha value is -1.95. The smallest absolute Gasteiger partial charge is 0.151 e. The third kappa shape index (κ3) is 9.98. The molecule has 0 amide bonds. The van der Waals surface area contributed by atoms with Crippen LogP contribution in [-0.2, 0) is 12.2 Å². The Morgan fingerprint density at radius 3 is 2.16 bits per heavy atom. The van der Waals surface area contributed by atoms with Crippen LogP contribution in [0.3, 0.4) is 0 Å². The van der Waals surface area contributed by atoms with Crippen molar-refractivity contribution in [2.45, 2.75) is 87.6 Å². The lowest BCUT2D eigenvalue weighted by molar-refractivity contribution is 0.556. The third-order valence-electron chi connectivity index (χ3n) is 6.79. The summed E-state index contributed by atoms with van der Waals surface area (Å²) in [6, 6.07) is 23.6. The minimum absolute atomic E-state index is 0.951. The molecule has 0 unspecified atom stereocenters. The van der Waals surface area contributed by atoms with Crippen molar-refractivity contribution in [2.75, 3.05) is 0 Å². The van der Waals surface area contributed by atoms with Gasteiger partial charge in [0.2, 0.25) is 0 Å². The van der Waals surface area contributed by atoms with Gasteiger partial charge in [-0.15, -0.1) is 11.3 Å². The summed E-state index contributed by atoms with van der Waals surface area (Å²) in [5, 5.41) is 0. The van der Waals surface area contributed by atoms with Crippen LogP contribution in [0.4, 0.5) is 5.69 Å². The molecule has 0 spiro atoms. The van der Waals surface area contributed by atoms with Gasteiger partial charge in [-0.1, -0.05) is 129 Å². The summed E-state index contributed by atoms with van der Waals surface area (Å²) in [6.07, 6.45) is 17.0. The van der Waals surface area contributed by atoms with Gasteiger partial charge in [-0.05, 0) is 59.9 Å².